The summed E-state index contributed by atoms with van der Waals surface area (Å²) in [5.41, 5.74) is 4.43. The normalized spacial score (nSPS) is 15.3. The molecule has 0 saturated heterocycles. The van der Waals surface area contributed by atoms with E-state index in [1.54, 1.807) is 11.3 Å². The predicted molar refractivity (Wildman–Crippen MR) is 136 cm³/mol. The molecule has 2 aromatic carbocycles. The largest absolute Gasteiger partial charge is 0.481 e. The van der Waals surface area contributed by atoms with Crippen molar-refractivity contribution in [2.45, 2.75) is 31.7 Å². The second kappa shape index (κ2) is 10.1. The highest BCUT2D eigenvalue weighted by atomic mass is 32.1. The van der Waals surface area contributed by atoms with Crippen molar-refractivity contribution in [3.8, 4) is 16.9 Å². The number of hydrogen-bond acceptors (Lipinski definition) is 5. The van der Waals surface area contributed by atoms with Crippen molar-refractivity contribution < 1.29 is 14.7 Å². The lowest BCUT2D eigenvalue weighted by Gasteiger charge is -2.21. The molecule has 176 valence electrons. The summed E-state index contributed by atoms with van der Waals surface area (Å²) in [5, 5.41) is 22.2. The molecule has 1 amide bonds. The van der Waals surface area contributed by atoms with E-state index in [1.165, 1.54) is 5.01 Å². The van der Waals surface area contributed by atoms with Gasteiger partial charge in [-0.15, -0.1) is 11.3 Å². The van der Waals surface area contributed by atoms with Gasteiger partial charge in [0, 0.05) is 36.6 Å². The van der Waals surface area contributed by atoms with Crippen LogP contribution >= 0.6 is 11.3 Å². The zero-order valence-corrected chi connectivity index (χ0v) is 19.8. The highest BCUT2D eigenvalue weighted by molar-refractivity contribution is 7.12. The average Bonchev–Trinajstić information content (AvgIpc) is 3.64. The van der Waals surface area contributed by atoms with Crippen LogP contribution in [0.25, 0.3) is 16.9 Å². The lowest BCUT2D eigenvalue weighted by Crippen LogP contribution is -2.27. The number of hydrazone groups is 1. The van der Waals surface area contributed by atoms with Crippen molar-refractivity contribution in [3.05, 3.63) is 94.8 Å². The minimum absolute atomic E-state index is 0.0487. The molecular formula is C27H24N4O3S. The number of hydrogen-bond donors (Lipinski definition) is 1. The molecule has 0 spiro atoms. The quantitative estimate of drug-likeness (QED) is 0.356. The van der Waals surface area contributed by atoms with E-state index >= 15 is 0 Å². The summed E-state index contributed by atoms with van der Waals surface area (Å²) in [6, 6.07) is 23.4. The Bertz CT molecular complexity index is 1350. The van der Waals surface area contributed by atoms with Gasteiger partial charge in [-0.25, -0.2) is 9.69 Å². The van der Waals surface area contributed by atoms with Gasteiger partial charge in [0.2, 0.25) is 5.91 Å². The first kappa shape index (κ1) is 22.7. The molecule has 0 bridgehead atoms. The molecule has 0 saturated carbocycles. The molecule has 8 heteroatoms. The predicted octanol–water partition coefficient (Wildman–Crippen LogP) is 5.53. The molecule has 0 unspecified atom stereocenters. The third kappa shape index (κ3) is 4.93. The fourth-order valence-corrected chi connectivity index (χ4v) is 4.97. The Morgan fingerprint density at radius 3 is 2.40 bits per heavy atom. The van der Waals surface area contributed by atoms with Gasteiger partial charge in [-0.2, -0.15) is 10.2 Å². The Hall–Kier alpha value is -4.04. The number of thiophene rings is 1. The summed E-state index contributed by atoms with van der Waals surface area (Å²) in [6.45, 7) is 0. The van der Waals surface area contributed by atoms with Crippen LogP contribution in [0.4, 0.5) is 0 Å². The number of para-hydroxylation sites is 1. The Morgan fingerprint density at radius 2 is 1.71 bits per heavy atom. The van der Waals surface area contributed by atoms with Crippen LogP contribution in [0.15, 0.2) is 89.5 Å². The molecule has 5 rings (SSSR count). The smallest absolute Gasteiger partial charge is 0.303 e. The van der Waals surface area contributed by atoms with Crippen molar-refractivity contribution in [3.63, 3.8) is 0 Å². The third-order valence-corrected chi connectivity index (χ3v) is 6.84. The highest BCUT2D eigenvalue weighted by Gasteiger charge is 2.36. The second-order valence-corrected chi connectivity index (χ2v) is 9.26. The average molecular weight is 485 g/mol. The van der Waals surface area contributed by atoms with Crippen molar-refractivity contribution >= 4 is 28.9 Å². The van der Waals surface area contributed by atoms with Gasteiger partial charge in [-0.05, 0) is 30.0 Å². The lowest BCUT2D eigenvalue weighted by atomic mass is 9.98. The van der Waals surface area contributed by atoms with Crippen LogP contribution in [0.2, 0.25) is 0 Å². The topological polar surface area (TPSA) is 87.8 Å². The van der Waals surface area contributed by atoms with Gasteiger partial charge >= 0.3 is 5.97 Å². The number of carbonyl (C=O) groups is 2. The standard InChI is InChI=1S/C27H24N4O3S/c32-25(14-7-15-26(33)34)31-23(17-22(28-31)24-13-8-16-35-24)21-18-30(20-11-5-2-6-12-20)29-27(21)19-9-3-1-4-10-19/h1-6,8-13,16,18,23H,7,14-15,17H2,(H,33,34)/t23-/m0/s1. The van der Waals surface area contributed by atoms with Gasteiger partial charge in [0.25, 0.3) is 0 Å². The maximum absolute atomic E-state index is 13.3. The molecule has 7 nitrogen and oxygen atoms in total. The van der Waals surface area contributed by atoms with Crippen molar-refractivity contribution in [2.24, 2.45) is 5.10 Å². The molecule has 0 fully saturated rings. The number of aliphatic carboxylic acids is 1. The molecule has 3 heterocycles. The van der Waals surface area contributed by atoms with Crippen molar-refractivity contribution in [2.75, 3.05) is 0 Å². The monoisotopic (exact) mass is 484 g/mol. The van der Waals surface area contributed by atoms with Crippen LogP contribution in [0.1, 0.15) is 42.2 Å². The number of carboxylic acid groups (broad SMARTS) is 1. The van der Waals surface area contributed by atoms with Gasteiger partial charge < -0.3 is 5.11 Å². The zero-order chi connectivity index (χ0) is 24.2. The Morgan fingerprint density at radius 1 is 0.971 bits per heavy atom. The molecule has 1 aliphatic rings. The Balaban J connectivity index is 1.55. The van der Waals surface area contributed by atoms with E-state index in [-0.39, 0.29) is 31.2 Å². The van der Waals surface area contributed by atoms with Gasteiger partial charge in [0.05, 0.1) is 28.0 Å². The van der Waals surface area contributed by atoms with E-state index in [1.807, 2.05) is 89.1 Å². The van der Waals surface area contributed by atoms with Crippen LogP contribution < -0.4 is 0 Å². The molecule has 4 aromatic rings. The minimum Gasteiger partial charge on any atom is -0.481 e. The van der Waals surface area contributed by atoms with E-state index in [4.69, 9.17) is 15.3 Å². The minimum atomic E-state index is -0.908. The lowest BCUT2D eigenvalue weighted by molar-refractivity contribution is -0.137. The highest BCUT2D eigenvalue weighted by Crippen LogP contribution is 2.39. The van der Waals surface area contributed by atoms with Gasteiger partial charge in [0.15, 0.2) is 0 Å². The van der Waals surface area contributed by atoms with E-state index < -0.39 is 5.97 Å². The first-order valence-electron chi connectivity index (χ1n) is 11.5. The number of rotatable bonds is 8. The number of carboxylic acids is 1. The fourth-order valence-electron chi connectivity index (χ4n) is 4.24. The molecule has 2 aromatic heterocycles. The molecule has 1 aliphatic heterocycles. The van der Waals surface area contributed by atoms with Gasteiger partial charge in [-0.1, -0.05) is 54.6 Å². The van der Waals surface area contributed by atoms with Crippen molar-refractivity contribution in [1.29, 1.82) is 0 Å². The van der Waals surface area contributed by atoms with E-state index in [2.05, 4.69) is 0 Å². The summed E-state index contributed by atoms with van der Waals surface area (Å²) >= 11 is 1.59. The molecule has 0 aliphatic carbocycles. The van der Waals surface area contributed by atoms with Crippen LogP contribution in [-0.2, 0) is 9.59 Å². The summed E-state index contributed by atoms with van der Waals surface area (Å²) in [6.07, 6.45) is 2.89. The SMILES string of the molecule is O=C(O)CCCC(=O)N1N=C(c2cccs2)C[C@H]1c1cn(-c2ccccc2)nc1-c1ccccc1. The third-order valence-electron chi connectivity index (χ3n) is 5.92. The van der Waals surface area contributed by atoms with Crippen LogP contribution in [0.3, 0.4) is 0 Å². The molecule has 1 atom stereocenters. The molecule has 35 heavy (non-hydrogen) atoms. The first-order chi connectivity index (χ1) is 17.1. The fraction of sp³-hybridized carbons (Fsp3) is 0.185. The first-order valence-corrected chi connectivity index (χ1v) is 12.3. The van der Waals surface area contributed by atoms with Crippen LogP contribution in [0.5, 0.6) is 0 Å². The number of aromatic nitrogens is 2. The van der Waals surface area contributed by atoms with Gasteiger partial charge in [-0.3, -0.25) is 9.59 Å². The summed E-state index contributed by atoms with van der Waals surface area (Å²) < 4.78 is 1.84. The zero-order valence-electron chi connectivity index (χ0n) is 18.9. The maximum atomic E-state index is 13.3. The number of benzene rings is 2. The van der Waals surface area contributed by atoms with Crippen LogP contribution in [0, 0.1) is 0 Å². The van der Waals surface area contributed by atoms with E-state index in [9.17, 15) is 9.59 Å². The number of nitrogens with zero attached hydrogens (tertiary/aromatic N) is 4. The molecule has 1 N–H and O–H groups in total. The molecular weight excluding hydrogens is 460 g/mol. The maximum Gasteiger partial charge on any atom is 0.303 e. The van der Waals surface area contributed by atoms with E-state index in [0.717, 1.165) is 33.1 Å². The van der Waals surface area contributed by atoms with E-state index in [0.29, 0.717) is 6.42 Å². The van der Waals surface area contributed by atoms with Crippen LogP contribution in [-0.4, -0.2) is 37.5 Å². The summed E-state index contributed by atoms with van der Waals surface area (Å²) in [5.74, 6) is -1.09. The second-order valence-electron chi connectivity index (χ2n) is 8.31. The van der Waals surface area contributed by atoms with Gasteiger partial charge in [0.1, 0.15) is 0 Å². The van der Waals surface area contributed by atoms with Crippen molar-refractivity contribution in [1.82, 2.24) is 14.8 Å². The number of carbonyl (C=O) groups excluding carboxylic acids is 1. The summed E-state index contributed by atoms with van der Waals surface area (Å²) in [7, 11) is 0. The Labute approximate surface area is 207 Å². The number of amides is 1. The Kier molecular flexibility index (Phi) is 6.54. The summed E-state index contributed by atoms with van der Waals surface area (Å²) in [4.78, 5) is 25.2. The molecule has 0 radical (unpaired) electrons.